The summed E-state index contributed by atoms with van der Waals surface area (Å²) in [6.45, 7) is 0.202. The largest absolute Gasteiger partial charge is 0.493 e. The van der Waals surface area contributed by atoms with Gasteiger partial charge < -0.3 is 33.5 Å². The molecule has 3 aliphatic heterocycles. The van der Waals surface area contributed by atoms with Crippen LogP contribution in [0.5, 0.6) is 28.7 Å². The first-order chi connectivity index (χ1) is 14.6. The molecule has 158 valence electrons. The number of benzene rings is 2. The standard InChI is InChI=1S/C21H21NO8/c1-25-16-4-10(5-17(26-2)20(16)27-3)18-11-6-14-15(30-9-29-14)7-12(11)19(23)13-8-28-21(24)22(13)18/h4-7,13,18-19,23H,8-9H2,1-3H3/t13-,18-,19-/m1/s1. The van der Waals surface area contributed by atoms with E-state index in [2.05, 4.69) is 0 Å². The number of rotatable bonds is 4. The second-order valence-corrected chi connectivity index (χ2v) is 7.19. The van der Waals surface area contributed by atoms with Crippen LogP contribution in [0.2, 0.25) is 0 Å². The van der Waals surface area contributed by atoms with E-state index in [1.165, 1.54) is 21.3 Å². The molecule has 1 fully saturated rings. The normalized spacial score (nSPS) is 23.5. The Bertz CT molecular complexity index is 997. The SMILES string of the molecule is COc1cc([C@@H]2c3cc4c(cc3[C@@H](O)[C@H]3COC(=O)N23)OCO4)cc(OC)c1OC. The van der Waals surface area contributed by atoms with Gasteiger partial charge in [-0.3, -0.25) is 4.90 Å². The van der Waals surface area contributed by atoms with Crippen LogP contribution in [0.25, 0.3) is 0 Å². The number of hydrogen-bond donors (Lipinski definition) is 1. The third kappa shape index (κ3) is 2.55. The summed E-state index contributed by atoms with van der Waals surface area (Å²) < 4.78 is 32.7. The van der Waals surface area contributed by atoms with Crippen molar-refractivity contribution in [2.24, 2.45) is 0 Å². The molecule has 3 heterocycles. The predicted molar refractivity (Wildman–Crippen MR) is 102 cm³/mol. The number of nitrogens with zero attached hydrogens (tertiary/aromatic N) is 1. The highest BCUT2D eigenvalue weighted by Crippen LogP contribution is 2.51. The molecule has 9 heteroatoms. The Balaban J connectivity index is 1.74. The Hall–Kier alpha value is -3.33. The lowest BCUT2D eigenvalue weighted by atomic mass is 9.83. The first-order valence-electron chi connectivity index (χ1n) is 9.43. The Kier molecular flexibility index (Phi) is 4.28. The minimum absolute atomic E-state index is 0.0921. The van der Waals surface area contributed by atoms with Crippen LogP contribution in [0, 0.1) is 0 Å². The summed E-state index contributed by atoms with van der Waals surface area (Å²) in [4.78, 5) is 14.2. The molecular formula is C21H21NO8. The van der Waals surface area contributed by atoms with Crippen LogP contribution < -0.4 is 23.7 Å². The second-order valence-electron chi connectivity index (χ2n) is 7.19. The summed E-state index contributed by atoms with van der Waals surface area (Å²) in [6.07, 6.45) is -1.42. The van der Waals surface area contributed by atoms with E-state index in [0.717, 1.165) is 11.1 Å². The lowest BCUT2D eigenvalue weighted by molar-refractivity contribution is 0.0586. The zero-order chi connectivity index (χ0) is 21.0. The van der Waals surface area contributed by atoms with Crippen molar-refractivity contribution < 1.29 is 38.3 Å². The van der Waals surface area contributed by atoms with Gasteiger partial charge in [0.25, 0.3) is 0 Å². The maximum absolute atomic E-state index is 12.7. The van der Waals surface area contributed by atoms with Crippen LogP contribution in [-0.4, -0.2) is 56.9 Å². The number of methoxy groups -OCH3 is 3. The highest BCUT2D eigenvalue weighted by molar-refractivity contribution is 5.74. The van der Waals surface area contributed by atoms with Crippen molar-refractivity contribution in [3.63, 3.8) is 0 Å². The molecule has 1 saturated heterocycles. The Morgan fingerprint density at radius 1 is 0.933 bits per heavy atom. The number of carbonyl (C=O) groups excluding carboxylic acids is 1. The molecule has 3 aliphatic rings. The molecule has 3 atom stereocenters. The van der Waals surface area contributed by atoms with Crippen LogP contribution in [0.15, 0.2) is 24.3 Å². The lowest BCUT2D eigenvalue weighted by Crippen LogP contribution is -2.45. The van der Waals surface area contributed by atoms with Crippen molar-refractivity contribution in [2.45, 2.75) is 18.2 Å². The molecule has 0 unspecified atom stereocenters. The third-order valence-corrected chi connectivity index (χ3v) is 5.78. The van der Waals surface area contributed by atoms with E-state index in [1.807, 2.05) is 0 Å². The topological polar surface area (TPSA) is 95.9 Å². The number of fused-ring (bicyclic) bond motifs is 3. The van der Waals surface area contributed by atoms with E-state index in [4.69, 9.17) is 28.4 Å². The van der Waals surface area contributed by atoms with E-state index < -0.39 is 24.3 Å². The molecule has 0 aliphatic carbocycles. The molecular weight excluding hydrogens is 394 g/mol. The number of hydrogen-bond acceptors (Lipinski definition) is 8. The molecule has 1 amide bonds. The van der Waals surface area contributed by atoms with Crippen molar-refractivity contribution in [3.8, 4) is 28.7 Å². The molecule has 0 aromatic heterocycles. The summed E-state index contributed by atoms with van der Waals surface area (Å²) in [5.74, 6) is 2.50. The molecule has 0 saturated carbocycles. The summed E-state index contributed by atoms with van der Waals surface area (Å²) in [5.41, 5.74) is 2.11. The average Bonchev–Trinajstić information content (AvgIpc) is 3.38. The Morgan fingerprint density at radius 2 is 1.57 bits per heavy atom. The summed E-state index contributed by atoms with van der Waals surface area (Å²) >= 11 is 0. The van der Waals surface area contributed by atoms with E-state index in [-0.39, 0.29) is 13.4 Å². The number of aliphatic hydroxyl groups excluding tert-OH is 1. The molecule has 9 nitrogen and oxygen atoms in total. The van der Waals surface area contributed by atoms with Crippen LogP contribution >= 0.6 is 0 Å². The van der Waals surface area contributed by atoms with E-state index in [9.17, 15) is 9.90 Å². The third-order valence-electron chi connectivity index (χ3n) is 5.78. The van der Waals surface area contributed by atoms with E-state index >= 15 is 0 Å². The Morgan fingerprint density at radius 3 is 2.17 bits per heavy atom. The van der Waals surface area contributed by atoms with Gasteiger partial charge in [0.2, 0.25) is 12.5 Å². The number of ether oxygens (including phenoxy) is 6. The Labute approximate surface area is 172 Å². The number of aliphatic hydroxyl groups is 1. The smallest absolute Gasteiger partial charge is 0.411 e. The first-order valence-corrected chi connectivity index (χ1v) is 9.43. The highest BCUT2D eigenvalue weighted by atomic mass is 16.7. The van der Waals surface area contributed by atoms with E-state index in [1.54, 1.807) is 29.2 Å². The fourth-order valence-corrected chi connectivity index (χ4v) is 4.41. The van der Waals surface area contributed by atoms with Gasteiger partial charge in [-0.2, -0.15) is 0 Å². The van der Waals surface area contributed by atoms with Crippen LogP contribution in [0.3, 0.4) is 0 Å². The quantitative estimate of drug-likeness (QED) is 0.813. The molecule has 0 spiro atoms. The van der Waals surface area contributed by atoms with E-state index in [0.29, 0.717) is 34.3 Å². The lowest BCUT2D eigenvalue weighted by Gasteiger charge is -2.40. The van der Waals surface area contributed by atoms with Gasteiger partial charge in [-0.05, 0) is 41.0 Å². The fraction of sp³-hybridized carbons (Fsp3) is 0.381. The molecule has 0 radical (unpaired) electrons. The van der Waals surface area contributed by atoms with Gasteiger partial charge in [0.05, 0.1) is 27.4 Å². The van der Waals surface area contributed by atoms with Crippen LogP contribution in [0.1, 0.15) is 28.8 Å². The molecule has 30 heavy (non-hydrogen) atoms. The average molecular weight is 415 g/mol. The number of amides is 1. The maximum atomic E-state index is 12.7. The molecule has 0 bridgehead atoms. The molecule has 2 aromatic rings. The summed E-state index contributed by atoms with van der Waals surface area (Å²) in [6, 6.07) is 6.08. The second kappa shape index (κ2) is 6.88. The minimum Gasteiger partial charge on any atom is -0.493 e. The van der Waals surface area contributed by atoms with Gasteiger partial charge in [-0.25, -0.2) is 4.79 Å². The number of cyclic esters (lactones) is 1. The van der Waals surface area contributed by atoms with Crippen molar-refractivity contribution in [1.82, 2.24) is 4.90 Å². The molecule has 2 aromatic carbocycles. The monoisotopic (exact) mass is 415 g/mol. The minimum atomic E-state index is -0.917. The van der Waals surface area contributed by atoms with Gasteiger partial charge in [0.15, 0.2) is 23.0 Å². The molecule has 5 rings (SSSR count). The van der Waals surface area contributed by atoms with Crippen molar-refractivity contribution in [2.75, 3.05) is 34.7 Å². The number of carbonyl (C=O) groups is 1. The fourth-order valence-electron chi connectivity index (χ4n) is 4.41. The first kappa shape index (κ1) is 18.7. The van der Waals surface area contributed by atoms with Gasteiger partial charge in [0, 0.05) is 0 Å². The van der Waals surface area contributed by atoms with Crippen molar-refractivity contribution in [1.29, 1.82) is 0 Å². The van der Waals surface area contributed by atoms with Crippen molar-refractivity contribution >= 4 is 6.09 Å². The summed E-state index contributed by atoms with van der Waals surface area (Å²) in [5, 5.41) is 11.0. The summed E-state index contributed by atoms with van der Waals surface area (Å²) in [7, 11) is 4.59. The highest BCUT2D eigenvalue weighted by Gasteiger charge is 2.49. The van der Waals surface area contributed by atoms with Crippen LogP contribution in [0.4, 0.5) is 4.79 Å². The van der Waals surface area contributed by atoms with Gasteiger partial charge in [0.1, 0.15) is 18.8 Å². The zero-order valence-electron chi connectivity index (χ0n) is 16.7. The zero-order valence-corrected chi connectivity index (χ0v) is 16.7. The van der Waals surface area contributed by atoms with Crippen LogP contribution in [-0.2, 0) is 4.74 Å². The van der Waals surface area contributed by atoms with Crippen molar-refractivity contribution in [3.05, 3.63) is 41.0 Å². The van der Waals surface area contributed by atoms with Gasteiger partial charge >= 0.3 is 6.09 Å². The predicted octanol–water partition coefficient (Wildman–Crippen LogP) is 2.40. The van der Waals surface area contributed by atoms with Gasteiger partial charge in [-0.1, -0.05) is 0 Å². The van der Waals surface area contributed by atoms with Gasteiger partial charge in [-0.15, -0.1) is 0 Å². The molecule has 1 N–H and O–H groups in total. The maximum Gasteiger partial charge on any atom is 0.411 e.